The predicted octanol–water partition coefficient (Wildman–Crippen LogP) is 3.10. The molecule has 1 amide bonds. The lowest BCUT2D eigenvalue weighted by Crippen LogP contribution is -2.33. The monoisotopic (exact) mass is 297 g/mol. The van der Waals surface area contributed by atoms with E-state index in [2.05, 4.69) is 12.2 Å². The molecular formula is C15H23NO3S. The first-order chi connectivity index (χ1) is 9.60. The molecule has 0 spiro atoms. The topological polar surface area (TPSA) is 47.6 Å². The zero-order valence-corrected chi connectivity index (χ0v) is 13.4. The number of nitrogens with one attached hydrogen (secondary N) is 1. The van der Waals surface area contributed by atoms with E-state index in [4.69, 9.17) is 9.47 Å². The second kappa shape index (κ2) is 8.74. The number of methoxy groups -OCH3 is 2. The number of hydrogen-bond acceptors (Lipinski definition) is 4. The lowest BCUT2D eigenvalue weighted by atomic mass is 10.2. The summed E-state index contributed by atoms with van der Waals surface area (Å²) in [6.07, 6.45) is 2.08. The smallest absolute Gasteiger partial charge is 0.230 e. The summed E-state index contributed by atoms with van der Waals surface area (Å²) in [7, 11) is 3.21. The summed E-state index contributed by atoms with van der Waals surface area (Å²) in [5, 5.41) is 2.99. The van der Waals surface area contributed by atoms with E-state index >= 15 is 0 Å². The van der Waals surface area contributed by atoms with E-state index in [1.165, 1.54) is 11.8 Å². The molecule has 1 rings (SSSR count). The Kier molecular flexibility index (Phi) is 7.30. The van der Waals surface area contributed by atoms with Crippen molar-refractivity contribution in [3.8, 4) is 11.5 Å². The molecule has 4 nitrogen and oxygen atoms in total. The fraction of sp³-hybridized carbons (Fsp3) is 0.533. The van der Waals surface area contributed by atoms with Gasteiger partial charge in [0.25, 0.3) is 0 Å². The summed E-state index contributed by atoms with van der Waals surface area (Å²) >= 11 is 1.49. The van der Waals surface area contributed by atoms with Crippen molar-refractivity contribution in [1.29, 1.82) is 0 Å². The van der Waals surface area contributed by atoms with Gasteiger partial charge in [-0.25, -0.2) is 0 Å². The molecule has 0 saturated carbocycles. The predicted molar refractivity (Wildman–Crippen MR) is 82.8 cm³/mol. The van der Waals surface area contributed by atoms with Crippen LogP contribution in [-0.2, 0) is 4.79 Å². The van der Waals surface area contributed by atoms with Gasteiger partial charge in [-0.3, -0.25) is 4.79 Å². The van der Waals surface area contributed by atoms with Gasteiger partial charge in [0, 0.05) is 10.9 Å². The third kappa shape index (κ3) is 5.33. The number of benzene rings is 1. The Bertz CT molecular complexity index is 437. The molecule has 0 aliphatic heterocycles. The van der Waals surface area contributed by atoms with Crippen LogP contribution in [0, 0.1) is 0 Å². The minimum atomic E-state index is 0.0609. The third-order valence-electron chi connectivity index (χ3n) is 2.85. The summed E-state index contributed by atoms with van der Waals surface area (Å²) in [5.41, 5.74) is 0. The Balaban J connectivity index is 2.51. The molecule has 0 aromatic heterocycles. The molecule has 0 heterocycles. The molecule has 0 fully saturated rings. The molecule has 0 radical (unpaired) electrons. The zero-order chi connectivity index (χ0) is 15.0. The van der Waals surface area contributed by atoms with Crippen LogP contribution in [0.5, 0.6) is 11.5 Å². The summed E-state index contributed by atoms with van der Waals surface area (Å²) in [4.78, 5) is 12.8. The van der Waals surface area contributed by atoms with E-state index in [-0.39, 0.29) is 11.9 Å². The van der Waals surface area contributed by atoms with Gasteiger partial charge in [-0.15, -0.1) is 11.8 Å². The molecule has 1 aromatic carbocycles. The lowest BCUT2D eigenvalue weighted by molar-refractivity contribution is -0.119. The Morgan fingerprint density at radius 2 is 2.00 bits per heavy atom. The summed E-state index contributed by atoms with van der Waals surface area (Å²) < 4.78 is 10.4. The summed E-state index contributed by atoms with van der Waals surface area (Å²) in [5.74, 6) is 1.84. The van der Waals surface area contributed by atoms with Crippen molar-refractivity contribution in [2.24, 2.45) is 0 Å². The molecule has 5 heteroatoms. The highest BCUT2D eigenvalue weighted by Gasteiger charge is 2.09. The first-order valence-electron chi connectivity index (χ1n) is 6.74. The highest BCUT2D eigenvalue weighted by atomic mass is 32.2. The molecule has 1 atom stereocenters. The van der Waals surface area contributed by atoms with Crippen LogP contribution in [0.4, 0.5) is 0 Å². The number of thioether (sulfide) groups is 1. The largest absolute Gasteiger partial charge is 0.493 e. The van der Waals surface area contributed by atoms with Crippen LogP contribution < -0.4 is 14.8 Å². The number of ether oxygens (including phenoxy) is 2. The van der Waals surface area contributed by atoms with E-state index in [9.17, 15) is 4.79 Å². The molecule has 0 aliphatic carbocycles. The van der Waals surface area contributed by atoms with Crippen molar-refractivity contribution in [2.45, 2.75) is 37.6 Å². The van der Waals surface area contributed by atoms with Gasteiger partial charge >= 0.3 is 0 Å². The average Bonchev–Trinajstić information content (AvgIpc) is 2.44. The Morgan fingerprint density at radius 3 is 2.60 bits per heavy atom. The van der Waals surface area contributed by atoms with Crippen molar-refractivity contribution in [2.75, 3.05) is 20.0 Å². The average molecular weight is 297 g/mol. The maximum absolute atomic E-state index is 11.8. The quantitative estimate of drug-likeness (QED) is 0.749. The van der Waals surface area contributed by atoms with Crippen LogP contribution in [0.2, 0.25) is 0 Å². The van der Waals surface area contributed by atoms with Crippen LogP contribution in [0.15, 0.2) is 23.1 Å². The number of carbonyl (C=O) groups excluding carboxylic acids is 1. The number of rotatable bonds is 8. The SMILES string of the molecule is CCC[C@H](C)NC(=O)CSc1ccc(OC)c(OC)c1. The maximum atomic E-state index is 11.8. The number of hydrogen-bond donors (Lipinski definition) is 1. The van der Waals surface area contributed by atoms with Crippen molar-refractivity contribution < 1.29 is 14.3 Å². The summed E-state index contributed by atoms with van der Waals surface area (Å²) in [6, 6.07) is 5.89. The minimum Gasteiger partial charge on any atom is -0.493 e. The van der Waals surface area contributed by atoms with E-state index in [1.54, 1.807) is 14.2 Å². The standard InChI is InChI=1S/C15H23NO3S/c1-5-6-11(2)16-15(17)10-20-12-7-8-13(18-3)14(9-12)19-4/h7-9,11H,5-6,10H2,1-4H3,(H,16,17)/t11-/m0/s1. The molecule has 1 aromatic rings. The van der Waals surface area contributed by atoms with Gasteiger partial charge in [0.1, 0.15) is 0 Å². The molecular weight excluding hydrogens is 274 g/mol. The fourth-order valence-corrected chi connectivity index (χ4v) is 2.61. The lowest BCUT2D eigenvalue weighted by Gasteiger charge is -2.13. The Morgan fingerprint density at radius 1 is 1.30 bits per heavy atom. The Hall–Kier alpha value is -1.36. The van der Waals surface area contributed by atoms with Gasteiger partial charge in [-0.05, 0) is 31.5 Å². The number of amides is 1. The van der Waals surface area contributed by atoms with Crippen molar-refractivity contribution in [3.63, 3.8) is 0 Å². The van der Waals surface area contributed by atoms with Crippen LogP contribution >= 0.6 is 11.8 Å². The highest BCUT2D eigenvalue weighted by molar-refractivity contribution is 8.00. The molecule has 0 aliphatic rings. The minimum absolute atomic E-state index is 0.0609. The van der Waals surface area contributed by atoms with Crippen LogP contribution in [0.25, 0.3) is 0 Å². The molecule has 112 valence electrons. The first-order valence-corrected chi connectivity index (χ1v) is 7.73. The third-order valence-corrected chi connectivity index (χ3v) is 3.85. The van der Waals surface area contributed by atoms with Crippen molar-refractivity contribution in [1.82, 2.24) is 5.32 Å². The van der Waals surface area contributed by atoms with E-state index in [1.807, 2.05) is 25.1 Å². The zero-order valence-electron chi connectivity index (χ0n) is 12.6. The van der Waals surface area contributed by atoms with Gasteiger partial charge in [-0.2, -0.15) is 0 Å². The van der Waals surface area contributed by atoms with Crippen LogP contribution in [0.1, 0.15) is 26.7 Å². The summed E-state index contributed by atoms with van der Waals surface area (Å²) in [6.45, 7) is 4.14. The molecule has 20 heavy (non-hydrogen) atoms. The van der Waals surface area contributed by atoms with E-state index < -0.39 is 0 Å². The van der Waals surface area contributed by atoms with Gasteiger partial charge in [0.05, 0.1) is 20.0 Å². The van der Waals surface area contributed by atoms with E-state index in [0.717, 1.165) is 17.7 Å². The van der Waals surface area contributed by atoms with Crippen molar-refractivity contribution >= 4 is 17.7 Å². The highest BCUT2D eigenvalue weighted by Crippen LogP contribution is 2.31. The molecule has 0 unspecified atom stereocenters. The maximum Gasteiger partial charge on any atom is 0.230 e. The second-order valence-electron chi connectivity index (χ2n) is 4.56. The molecule has 0 saturated heterocycles. The fourth-order valence-electron chi connectivity index (χ4n) is 1.88. The van der Waals surface area contributed by atoms with Gasteiger partial charge < -0.3 is 14.8 Å². The van der Waals surface area contributed by atoms with Gasteiger partial charge in [-0.1, -0.05) is 13.3 Å². The second-order valence-corrected chi connectivity index (χ2v) is 5.61. The normalized spacial score (nSPS) is 11.8. The molecule has 1 N–H and O–H groups in total. The Labute approximate surface area is 125 Å². The number of carbonyl (C=O) groups is 1. The first kappa shape index (κ1) is 16.7. The van der Waals surface area contributed by atoms with Crippen LogP contribution in [0.3, 0.4) is 0 Å². The molecule has 0 bridgehead atoms. The van der Waals surface area contributed by atoms with Crippen LogP contribution in [-0.4, -0.2) is 31.9 Å². The van der Waals surface area contributed by atoms with Gasteiger partial charge in [0.2, 0.25) is 5.91 Å². The van der Waals surface area contributed by atoms with Gasteiger partial charge in [0.15, 0.2) is 11.5 Å². The van der Waals surface area contributed by atoms with Crippen molar-refractivity contribution in [3.05, 3.63) is 18.2 Å². The van der Waals surface area contributed by atoms with E-state index in [0.29, 0.717) is 17.3 Å².